The molecule has 0 amide bonds. The number of rotatable bonds is 0. The van der Waals surface area contributed by atoms with Gasteiger partial charge in [-0.3, -0.25) is 0 Å². The second kappa shape index (κ2) is 2.96. The lowest BCUT2D eigenvalue weighted by Gasteiger charge is -2.02. The lowest BCUT2D eigenvalue weighted by molar-refractivity contribution is 1.45. The minimum absolute atomic E-state index is 0.667. The van der Waals surface area contributed by atoms with E-state index in [0.717, 1.165) is 9.13 Å². The molecule has 1 aromatic rings. The monoisotopic (exact) mass is 267 g/mol. The number of benzene rings is 1. The van der Waals surface area contributed by atoms with Gasteiger partial charge in [-0.25, -0.2) is 0 Å². The van der Waals surface area contributed by atoms with Crippen LogP contribution in [0.5, 0.6) is 0 Å². The van der Waals surface area contributed by atoms with Crippen LogP contribution in [0.25, 0.3) is 0 Å². The van der Waals surface area contributed by atoms with Gasteiger partial charge in [0.15, 0.2) is 0 Å². The lowest BCUT2D eigenvalue weighted by Crippen LogP contribution is -1.91. The molecule has 0 unspecified atom stereocenters. The fourth-order valence-electron chi connectivity index (χ4n) is 0.663. The van der Waals surface area contributed by atoms with Crippen LogP contribution in [0.15, 0.2) is 12.1 Å². The molecule has 0 aromatic heterocycles. The molecule has 1 nitrogen and oxygen atoms in total. The van der Waals surface area contributed by atoms with Crippen molar-refractivity contribution < 1.29 is 0 Å². The molecule has 54 valence electrons. The summed E-state index contributed by atoms with van der Waals surface area (Å²) >= 11 is 8.01. The molecule has 0 fully saturated rings. The van der Waals surface area contributed by atoms with Gasteiger partial charge in [-0.2, -0.15) is 0 Å². The smallest absolute Gasteiger partial charge is 0.0771 e. The summed E-state index contributed by atoms with van der Waals surface area (Å²) in [6.45, 7) is 1.94. The van der Waals surface area contributed by atoms with Crippen molar-refractivity contribution in [1.82, 2.24) is 0 Å². The maximum atomic E-state index is 5.85. The van der Waals surface area contributed by atoms with Gasteiger partial charge in [-0.1, -0.05) is 17.7 Å². The minimum atomic E-state index is 0.667. The van der Waals surface area contributed by atoms with E-state index in [1.807, 2.05) is 19.1 Å². The van der Waals surface area contributed by atoms with Gasteiger partial charge in [0.1, 0.15) is 0 Å². The first kappa shape index (κ1) is 8.14. The van der Waals surface area contributed by atoms with E-state index in [4.69, 9.17) is 17.3 Å². The summed E-state index contributed by atoms with van der Waals surface area (Å²) in [4.78, 5) is 0. The van der Waals surface area contributed by atoms with Crippen LogP contribution in [0.2, 0.25) is 5.02 Å². The summed E-state index contributed by atoms with van der Waals surface area (Å²) in [5.74, 6) is 0. The molecule has 0 radical (unpaired) electrons. The molecule has 0 aliphatic carbocycles. The second-order valence-corrected chi connectivity index (χ2v) is 3.63. The highest BCUT2D eigenvalue weighted by Gasteiger charge is 2.02. The Kier molecular flexibility index (Phi) is 2.41. The Bertz CT molecular complexity index is 233. The first-order valence-electron chi connectivity index (χ1n) is 2.83. The molecule has 0 spiro atoms. The van der Waals surface area contributed by atoms with Crippen molar-refractivity contribution in [3.8, 4) is 0 Å². The number of hydrogen-bond donors (Lipinski definition) is 1. The van der Waals surface area contributed by atoms with Gasteiger partial charge in [-0.15, -0.1) is 0 Å². The fraction of sp³-hybridized carbons (Fsp3) is 0.143. The average Bonchev–Trinajstić information content (AvgIpc) is 1.93. The van der Waals surface area contributed by atoms with E-state index < -0.39 is 0 Å². The predicted octanol–water partition coefficient (Wildman–Crippen LogP) is 2.84. The molecule has 0 saturated heterocycles. The predicted molar refractivity (Wildman–Crippen MR) is 53.3 cm³/mol. The number of hydrogen-bond acceptors (Lipinski definition) is 1. The maximum Gasteiger partial charge on any atom is 0.0771 e. The topological polar surface area (TPSA) is 26.0 Å². The lowest BCUT2D eigenvalue weighted by atomic mass is 10.2. The molecule has 0 bridgehead atoms. The van der Waals surface area contributed by atoms with E-state index in [-0.39, 0.29) is 0 Å². The molecule has 3 heteroatoms. The Labute approximate surface area is 78.7 Å². The SMILES string of the molecule is Cc1ccc(I)c(Cl)c1N. The molecule has 10 heavy (non-hydrogen) atoms. The standard InChI is InChI=1S/C7H7ClIN/c1-4-2-3-5(9)6(8)7(4)10/h2-3H,10H2,1H3. The Morgan fingerprint density at radius 1 is 1.50 bits per heavy atom. The van der Waals surface area contributed by atoms with Crippen LogP contribution >= 0.6 is 34.2 Å². The highest BCUT2D eigenvalue weighted by molar-refractivity contribution is 14.1. The summed E-state index contributed by atoms with van der Waals surface area (Å²) < 4.78 is 1.00. The molecule has 1 rings (SSSR count). The third-order valence-electron chi connectivity index (χ3n) is 1.35. The van der Waals surface area contributed by atoms with Gasteiger partial charge in [0.25, 0.3) is 0 Å². The number of anilines is 1. The van der Waals surface area contributed by atoms with Gasteiger partial charge < -0.3 is 5.73 Å². The van der Waals surface area contributed by atoms with Crippen molar-refractivity contribution in [1.29, 1.82) is 0 Å². The van der Waals surface area contributed by atoms with E-state index in [2.05, 4.69) is 22.6 Å². The summed E-state index contributed by atoms with van der Waals surface area (Å²) in [5, 5.41) is 0.667. The van der Waals surface area contributed by atoms with Crippen molar-refractivity contribution in [3.05, 3.63) is 26.3 Å². The number of halogens is 2. The molecule has 0 saturated carbocycles. The number of nitrogens with two attached hydrogens (primary N) is 1. The van der Waals surface area contributed by atoms with Crippen molar-refractivity contribution in [2.24, 2.45) is 0 Å². The van der Waals surface area contributed by atoms with E-state index in [1.165, 1.54) is 0 Å². The third-order valence-corrected chi connectivity index (χ3v) is 2.98. The zero-order chi connectivity index (χ0) is 7.72. The minimum Gasteiger partial charge on any atom is -0.397 e. The summed E-state index contributed by atoms with van der Waals surface area (Å²) in [5.41, 5.74) is 7.37. The third kappa shape index (κ3) is 1.37. The molecular weight excluding hydrogens is 260 g/mol. The normalized spacial score (nSPS) is 9.90. The first-order chi connectivity index (χ1) is 4.63. The number of nitrogen functional groups attached to an aromatic ring is 1. The molecule has 0 aliphatic heterocycles. The van der Waals surface area contributed by atoms with E-state index in [1.54, 1.807) is 0 Å². The summed E-state index contributed by atoms with van der Waals surface area (Å²) in [7, 11) is 0. The second-order valence-electron chi connectivity index (χ2n) is 2.09. The van der Waals surface area contributed by atoms with Crippen LogP contribution in [-0.4, -0.2) is 0 Å². The fourth-order valence-corrected chi connectivity index (χ4v) is 1.35. The zero-order valence-corrected chi connectivity index (χ0v) is 8.40. The summed E-state index contributed by atoms with van der Waals surface area (Å²) in [6, 6.07) is 3.91. The van der Waals surface area contributed by atoms with Gasteiger partial charge in [0.05, 0.1) is 10.7 Å². The van der Waals surface area contributed by atoms with E-state index in [9.17, 15) is 0 Å². The maximum absolute atomic E-state index is 5.85. The van der Waals surface area contributed by atoms with Crippen molar-refractivity contribution in [2.75, 3.05) is 5.73 Å². The van der Waals surface area contributed by atoms with Gasteiger partial charge in [0, 0.05) is 3.57 Å². The summed E-state index contributed by atoms with van der Waals surface area (Å²) in [6.07, 6.45) is 0. The van der Waals surface area contributed by atoms with Crippen LogP contribution in [0.1, 0.15) is 5.56 Å². The molecule has 2 N–H and O–H groups in total. The number of aryl methyl sites for hydroxylation is 1. The molecule has 0 heterocycles. The molecule has 0 aliphatic rings. The Balaban J connectivity index is 3.34. The van der Waals surface area contributed by atoms with Crippen molar-refractivity contribution >= 4 is 39.9 Å². The van der Waals surface area contributed by atoms with Crippen LogP contribution in [0.3, 0.4) is 0 Å². The first-order valence-corrected chi connectivity index (χ1v) is 4.28. The zero-order valence-electron chi connectivity index (χ0n) is 5.49. The highest BCUT2D eigenvalue weighted by atomic mass is 127. The van der Waals surface area contributed by atoms with E-state index >= 15 is 0 Å². The quantitative estimate of drug-likeness (QED) is 0.568. The van der Waals surface area contributed by atoms with Gasteiger partial charge >= 0.3 is 0 Å². The van der Waals surface area contributed by atoms with Crippen LogP contribution in [0.4, 0.5) is 5.69 Å². The Hall–Kier alpha value is 0.0400. The van der Waals surface area contributed by atoms with Crippen LogP contribution in [0, 0.1) is 10.5 Å². The average molecular weight is 267 g/mol. The molecule has 1 aromatic carbocycles. The van der Waals surface area contributed by atoms with Gasteiger partial charge in [0.2, 0.25) is 0 Å². The van der Waals surface area contributed by atoms with Crippen LogP contribution < -0.4 is 5.73 Å². The van der Waals surface area contributed by atoms with Gasteiger partial charge in [-0.05, 0) is 41.1 Å². The highest BCUT2D eigenvalue weighted by Crippen LogP contribution is 2.27. The largest absolute Gasteiger partial charge is 0.397 e. The van der Waals surface area contributed by atoms with E-state index in [0.29, 0.717) is 10.7 Å². The molecule has 0 atom stereocenters. The Morgan fingerprint density at radius 2 is 2.10 bits per heavy atom. The van der Waals surface area contributed by atoms with Crippen LogP contribution in [-0.2, 0) is 0 Å². The van der Waals surface area contributed by atoms with Crippen molar-refractivity contribution in [2.45, 2.75) is 6.92 Å². The van der Waals surface area contributed by atoms with Crippen molar-refractivity contribution in [3.63, 3.8) is 0 Å². The Morgan fingerprint density at radius 3 is 2.60 bits per heavy atom. The molecular formula is C7H7ClIN.